The lowest BCUT2D eigenvalue weighted by atomic mass is 10.3. The summed E-state index contributed by atoms with van der Waals surface area (Å²) in [6.07, 6.45) is 2.33. The van der Waals surface area contributed by atoms with Crippen LogP contribution in [0.4, 0.5) is 0 Å². The highest BCUT2D eigenvalue weighted by Gasteiger charge is 1.94. The molecule has 0 aliphatic heterocycles. The standard InChI is InChI=1S/C5H6BNO/c1-3-5(8)7(6)4-2/h3-4H,1-2H2. The van der Waals surface area contributed by atoms with E-state index in [2.05, 4.69) is 13.2 Å². The molecule has 0 aromatic carbocycles. The lowest BCUT2D eigenvalue weighted by molar-refractivity contribution is -0.120. The van der Waals surface area contributed by atoms with Crippen LogP contribution in [0, 0.1) is 0 Å². The van der Waals surface area contributed by atoms with E-state index in [4.69, 9.17) is 7.98 Å². The molecule has 2 radical (unpaired) electrons. The highest BCUT2D eigenvalue weighted by molar-refractivity contribution is 6.17. The lowest BCUT2D eigenvalue weighted by Crippen LogP contribution is -2.18. The van der Waals surface area contributed by atoms with Crippen LogP contribution in [0.15, 0.2) is 25.4 Å². The van der Waals surface area contributed by atoms with E-state index in [1.807, 2.05) is 0 Å². The van der Waals surface area contributed by atoms with E-state index < -0.39 is 0 Å². The molecule has 0 unspecified atom stereocenters. The monoisotopic (exact) mass is 107 g/mol. The van der Waals surface area contributed by atoms with Gasteiger partial charge in [-0.2, -0.15) is 0 Å². The van der Waals surface area contributed by atoms with E-state index in [9.17, 15) is 4.79 Å². The molecule has 8 heavy (non-hydrogen) atoms. The molecule has 0 aromatic heterocycles. The molecule has 2 nitrogen and oxygen atoms in total. The van der Waals surface area contributed by atoms with Crippen LogP contribution >= 0.6 is 0 Å². The Balaban J connectivity index is 3.80. The van der Waals surface area contributed by atoms with Crippen molar-refractivity contribution < 1.29 is 4.79 Å². The fraction of sp³-hybridized carbons (Fsp3) is 0. The number of hydrogen-bond donors (Lipinski definition) is 0. The number of nitrogens with zero attached hydrogens (tertiary/aromatic N) is 1. The molecule has 0 rings (SSSR count). The van der Waals surface area contributed by atoms with E-state index in [1.54, 1.807) is 0 Å². The average molecular weight is 107 g/mol. The first-order chi connectivity index (χ1) is 3.72. The maximum atomic E-state index is 10.4. The molecule has 1 amide bonds. The molecular formula is C5H6BNO. The molecule has 0 saturated heterocycles. The summed E-state index contributed by atoms with van der Waals surface area (Å²) >= 11 is 0. The Kier molecular flexibility index (Phi) is 2.70. The third kappa shape index (κ3) is 1.64. The summed E-state index contributed by atoms with van der Waals surface area (Å²) < 4.78 is 0. The predicted molar refractivity (Wildman–Crippen MR) is 33.0 cm³/mol. The molecule has 0 fully saturated rings. The highest BCUT2D eigenvalue weighted by Crippen LogP contribution is 1.81. The first-order valence-corrected chi connectivity index (χ1v) is 2.05. The first-order valence-electron chi connectivity index (χ1n) is 2.05. The Labute approximate surface area is 49.9 Å². The number of hydrogen-bond acceptors (Lipinski definition) is 1. The van der Waals surface area contributed by atoms with Crippen molar-refractivity contribution in [1.29, 1.82) is 0 Å². The van der Waals surface area contributed by atoms with Crippen LogP contribution in [0.3, 0.4) is 0 Å². The minimum absolute atomic E-state index is 0.361. The first kappa shape index (κ1) is 7.01. The molecule has 3 heteroatoms. The summed E-state index contributed by atoms with van der Waals surface area (Å²) in [5.74, 6) is -0.361. The minimum Gasteiger partial charge on any atom is -0.372 e. The quantitative estimate of drug-likeness (QED) is 0.365. The summed E-state index contributed by atoms with van der Waals surface area (Å²) in [6.45, 7) is 6.47. The second kappa shape index (κ2) is 3.07. The van der Waals surface area contributed by atoms with E-state index in [0.29, 0.717) is 0 Å². The maximum absolute atomic E-state index is 10.4. The van der Waals surface area contributed by atoms with Crippen molar-refractivity contribution in [2.75, 3.05) is 0 Å². The predicted octanol–water partition coefficient (Wildman–Crippen LogP) is 0.228. The van der Waals surface area contributed by atoms with E-state index in [-0.39, 0.29) is 5.91 Å². The third-order valence-electron chi connectivity index (χ3n) is 0.626. The van der Waals surface area contributed by atoms with Gasteiger partial charge in [-0.1, -0.05) is 13.2 Å². The average Bonchev–Trinajstić information content (AvgIpc) is 1.84. The van der Waals surface area contributed by atoms with Crippen LogP contribution in [-0.2, 0) is 4.79 Å². The van der Waals surface area contributed by atoms with Crippen molar-refractivity contribution in [1.82, 2.24) is 4.81 Å². The van der Waals surface area contributed by atoms with Crippen LogP contribution in [0.1, 0.15) is 0 Å². The van der Waals surface area contributed by atoms with Crippen molar-refractivity contribution in [3.8, 4) is 0 Å². The molecule has 0 saturated carbocycles. The van der Waals surface area contributed by atoms with Crippen LogP contribution < -0.4 is 0 Å². The van der Waals surface area contributed by atoms with Gasteiger partial charge in [-0.3, -0.25) is 4.79 Å². The molecule has 0 spiro atoms. The van der Waals surface area contributed by atoms with Gasteiger partial charge in [0, 0.05) is 0 Å². The smallest absolute Gasteiger partial charge is 0.238 e. The zero-order valence-corrected chi connectivity index (χ0v) is 4.50. The molecule has 0 heterocycles. The van der Waals surface area contributed by atoms with E-state index >= 15 is 0 Å². The second-order valence-electron chi connectivity index (χ2n) is 1.13. The van der Waals surface area contributed by atoms with Crippen molar-refractivity contribution in [2.45, 2.75) is 0 Å². The number of carbonyl (C=O) groups excluding carboxylic acids is 1. The lowest BCUT2D eigenvalue weighted by Gasteiger charge is -2.05. The van der Waals surface area contributed by atoms with E-state index in [0.717, 1.165) is 10.9 Å². The zero-order valence-electron chi connectivity index (χ0n) is 4.50. The largest absolute Gasteiger partial charge is 0.372 e. The molecule has 0 N–H and O–H groups in total. The molecule has 0 bridgehead atoms. The fourth-order valence-electron chi connectivity index (χ4n) is 0.195. The summed E-state index contributed by atoms with van der Waals surface area (Å²) in [6, 6.07) is 0. The Hall–Kier alpha value is -0.985. The van der Waals surface area contributed by atoms with Crippen molar-refractivity contribution in [3.63, 3.8) is 0 Å². The third-order valence-corrected chi connectivity index (χ3v) is 0.626. The molecule has 0 aliphatic carbocycles. The van der Waals surface area contributed by atoms with Gasteiger partial charge in [0.15, 0.2) is 0 Å². The normalized spacial score (nSPS) is 7.50. The highest BCUT2D eigenvalue weighted by atomic mass is 16.2. The fourth-order valence-corrected chi connectivity index (χ4v) is 0.195. The van der Waals surface area contributed by atoms with Crippen molar-refractivity contribution in [2.24, 2.45) is 0 Å². The van der Waals surface area contributed by atoms with Gasteiger partial charge < -0.3 is 4.81 Å². The molecule has 0 atom stereocenters. The van der Waals surface area contributed by atoms with Gasteiger partial charge in [0.05, 0.1) is 0 Å². The number of amides is 1. The molecule has 0 aromatic rings. The van der Waals surface area contributed by atoms with Crippen molar-refractivity contribution in [3.05, 3.63) is 25.4 Å². The van der Waals surface area contributed by atoms with Gasteiger partial charge in [-0.05, 0) is 12.3 Å². The van der Waals surface area contributed by atoms with Crippen LogP contribution in [0.25, 0.3) is 0 Å². The summed E-state index contributed by atoms with van der Waals surface area (Å²) in [7, 11) is 5.02. The van der Waals surface area contributed by atoms with Gasteiger partial charge >= 0.3 is 0 Å². The van der Waals surface area contributed by atoms with Gasteiger partial charge in [-0.25, -0.2) is 0 Å². The molecular weight excluding hydrogens is 101 g/mol. The molecule has 0 aliphatic rings. The summed E-state index contributed by atoms with van der Waals surface area (Å²) in [5.41, 5.74) is 0. The second-order valence-corrected chi connectivity index (χ2v) is 1.13. The van der Waals surface area contributed by atoms with Crippen LogP contribution in [0.2, 0.25) is 0 Å². The van der Waals surface area contributed by atoms with Crippen molar-refractivity contribution >= 4 is 13.9 Å². The molecule has 40 valence electrons. The van der Waals surface area contributed by atoms with Crippen LogP contribution in [0.5, 0.6) is 0 Å². The minimum atomic E-state index is -0.361. The van der Waals surface area contributed by atoms with Gasteiger partial charge in [0.2, 0.25) is 13.9 Å². The Morgan fingerprint density at radius 3 is 2.25 bits per heavy atom. The maximum Gasteiger partial charge on any atom is 0.238 e. The summed E-state index contributed by atoms with van der Waals surface area (Å²) in [5, 5.41) is 0. The van der Waals surface area contributed by atoms with E-state index in [1.165, 1.54) is 6.20 Å². The SMILES string of the molecule is [B]N(C=C)C(=O)C=C. The van der Waals surface area contributed by atoms with Gasteiger partial charge in [0.1, 0.15) is 0 Å². The topological polar surface area (TPSA) is 20.3 Å². The Morgan fingerprint density at radius 1 is 1.62 bits per heavy atom. The Bertz CT molecular complexity index is 122. The van der Waals surface area contributed by atoms with Gasteiger partial charge in [0.25, 0.3) is 0 Å². The number of carbonyl (C=O) groups is 1. The zero-order chi connectivity index (χ0) is 6.57. The van der Waals surface area contributed by atoms with Crippen LogP contribution in [-0.4, -0.2) is 18.7 Å². The summed E-state index contributed by atoms with van der Waals surface area (Å²) in [4.78, 5) is 11.2. The van der Waals surface area contributed by atoms with Gasteiger partial charge in [-0.15, -0.1) is 0 Å². The number of rotatable bonds is 2. The Morgan fingerprint density at radius 2 is 2.12 bits per heavy atom.